The molecule has 0 bridgehead atoms. The first-order chi connectivity index (χ1) is 16.6. The van der Waals surface area contributed by atoms with E-state index in [-0.39, 0.29) is 5.69 Å². The van der Waals surface area contributed by atoms with E-state index in [4.69, 9.17) is 11.6 Å². The number of halogens is 2. The van der Waals surface area contributed by atoms with Crippen LogP contribution in [0.5, 0.6) is 0 Å². The lowest BCUT2D eigenvalue weighted by molar-refractivity contribution is -0.133. The summed E-state index contributed by atoms with van der Waals surface area (Å²) in [6, 6.07) is 17.6. The number of nitrogens with zero attached hydrogens (tertiary/aromatic N) is 1. The van der Waals surface area contributed by atoms with Crippen molar-refractivity contribution in [1.82, 2.24) is 4.68 Å². The van der Waals surface area contributed by atoms with Gasteiger partial charge in [0.25, 0.3) is 5.91 Å². The maximum Gasteiger partial charge on any atom is 0.328 e. The van der Waals surface area contributed by atoms with Crippen LogP contribution in [-0.2, 0) is 9.59 Å². The third kappa shape index (κ3) is 5.55. The average Bonchev–Trinajstić information content (AvgIpc) is 3.13. The number of hydrogen-bond donors (Lipinski definition) is 3. The monoisotopic (exact) mass is 552 g/mol. The molecule has 0 fully saturated rings. The van der Waals surface area contributed by atoms with E-state index in [0.29, 0.717) is 27.3 Å². The molecule has 178 valence electrons. The Labute approximate surface area is 215 Å². The molecule has 0 aliphatic heterocycles. The van der Waals surface area contributed by atoms with Gasteiger partial charge in [0.1, 0.15) is 5.69 Å². The molecule has 7 nitrogen and oxygen atoms in total. The van der Waals surface area contributed by atoms with Crippen LogP contribution in [0, 0.1) is 20.8 Å². The van der Waals surface area contributed by atoms with E-state index in [0.717, 1.165) is 21.2 Å². The van der Waals surface area contributed by atoms with E-state index in [9.17, 15) is 14.4 Å². The van der Waals surface area contributed by atoms with Crippen molar-refractivity contribution in [3.05, 3.63) is 92.5 Å². The lowest BCUT2D eigenvalue weighted by atomic mass is 10.1. The van der Waals surface area contributed by atoms with Crippen molar-refractivity contribution in [2.45, 2.75) is 20.8 Å². The number of rotatable bonds is 4. The van der Waals surface area contributed by atoms with Crippen LogP contribution >= 0.6 is 27.5 Å². The van der Waals surface area contributed by atoms with Crippen molar-refractivity contribution in [1.29, 1.82) is 0 Å². The standard InChI is InChI=1S/C26H22BrClN4O3/c1-14-8-15(2)10-20(9-14)30-25(34)26(35)31-32-22-7-5-18(27)11-17(22)12-23(32)24(33)29-19-6-4-16(3)21(28)13-19/h4-13H,1-3H3,(H,29,33)(H,30,34)(H,31,35). The summed E-state index contributed by atoms with van der Waals surface area (Å²) in [7, 11) is 0. The van der Waals surface area contributed by atoms with Gasteiger partial charge in [0.2, 0.25) is 0 Å². The third-order valence-electron chi connectivity index (χ3n) is 5.33. The van der Waals surface area contributed by atoms with E-state index in [1.807, 2.05) is 32.9 Å². The molecule has 0 aliphatic carbocycles. The Morgan fingerprint density at radius 2 is 1.51 bits per heavy atom. The van der Waals surface area contributed by atoms with E-state index in [1.165, 1.54) is 4.68 Å². The van der Waals surface area contributed by atoms with Gasteiger partial charge >= 0.3 is 11.8 Å². The Kier molecular flexibility index (Phi) is 6.95. The molecule has 3 amide bonds. The number of hydrogen-bond acceptors (Lipinski definition) is 3. The number of fused-ring (bicyclic) bond motifs is 1. The predicted molar refractivity (Wildman–Crippen MR) is 143 cm³/mol. The van der Waals surface area contributed by atoms with Gasteiger partial charge in [0.05, 0.1) is 5.52 Å². The van der Waals surface area contributed by atoms with E-state index in [2.05, 4.69) is 32.0 Å². The fourth-order valence-electron chi connectivity index (χ4n) is 3.73. The molecular weight excluding hydrogens is 532 g/mol. The van der Waals surface area contributed by atoms with Crippen LogP contribution in [-0.4, -0.2) is 22.4 Å². The molecule has 4 rings (SSSR count). The smallest absolute Gasteiger partial charge is 0.321 e. The van der Waals surface area contributed by atoms with E-state index < -0.39 is 17.7 Å². The summed E-state index contributed by atoms with van der Waals surface area (Å²) in [5.41, 5.74) is 7.05. The highest BCUT2D eigenvalue weighted by Gasteiger charge is 2.21. The lowest BCUT2D eigenvalue weighted by Gasteiger charge is -2.13. The van der Waals surface area contributed by atoms with Crippen molar-refractivity contribution >= 4 is 67.5 Å². The highest BCUT2D eigenvalue weighted by molar-refractivity contribution is 9.10. The Hall–Kier alpha value is -3.62. The van der Waals surface area contributed by atoms with Gasteiger partial charge in [0.15, 0.2) is 0 Å². The second-order valence-corrected chi connectivity index (χ2v) is 9.58. The molecule has 0 unspecified atom stereocenters. The largest absolute Gasteiger partial charge is 0.328 e. The Bertz CT molecular complexity index is 1480. The summed E-state index contributed by atoms with van der Waals surface area (Å²) < 4.78 is 2.11. The Morgan fingerprint density at radius 3 is 2.20 bits per heavy atom. The predicted octanol–water partition coefficient (Wildman–Crippen LogP) is 5.94. The average molecular weight is 554 g/mol. The first kappa shape index (κ1) is 24.5. The zero-order valence-electron chi connectivity index (χ0n) is 19.2. The lowest BCUT2D eigenvalue weighted by Crippen LogP contribution is -2.36. The molecule has 0 aliphatic rings. The molecule has 1 heterocycles. The summed E-state index contributed by atoms with van der Waals surface area (Å²) in [5.74, 6) is -2.25. The van der Waals surface area contributed by atoms with Gasteiger partial charge in [-0.15, -0.1) is 0 Å². The minimum absolute atomic E-state index is 0.141. The van der Waals surface area contributed by atoms with Gasteiger partial charge in [0, 0.05) is 26.3 Å². The molecule has 3 N–H and O–H groups in total. The van der Waals surface area contributed by atoms with Crippen molar-refractivity contribution in [3.8, 4) is 0 Å². The first-order valence-electron chi connectivity index (χ1n) is 10.7. The van der Waals surface area contributed by atoms with Gasteiger partial charge in [-0.3, -0.25) is 19.8 Å². The maximum atomic E-state index is 13.2. The van der Waals surface area contributed by atoms with Crippen molar-refractivity contribution in [3.63, 3.8) is 0 Å². The summed E-state index contributed by atoms with van der Waals surface area (Å²) in [5, 5.41) is 6.61. The normalized spacial score (nSPS) is 10.8. The summed E-state index contributed by atoms with van der Waals surface area (Å²) in [4.78, 5) is 38.6. The number of nitrogens with one attached hydrogen (secondary N) is 3. The van der Waals surface area contributed by atoms with E-state index in [1.54, 1.807) is 48.5 Å². The fourth-order valence-corrected chi connectivity index (χ4v) is 4.29. The van der Waals surface area contributed by atoms with Crippen LogP contribution in [0.15, 0.2) is 65.1 Å². The van der Waals surface area contributed by atoms with Gasteiger partial charge in [-0.1, -0.05) is 39.7 Å². The zero-order valence-corrected chi connectivity index (χ0v) is 21.5. The summed E-state index contributed by atoms with van der Waals surface area (Å²) >= 11 is 9.60. The van der Waals surface area contributed by atoms with Crippen LogP contribution in [0.4, 0.5) is 11.4 Å². The highest BCUT2D eigenvalue weighted by atomic mass is 79.9. The summed E-state index contributed by atoms with van der Waals surface area (Å²) in [6.07, 6.45) is 0. The molecule has 0 saturated heterocycles. The van der Waals surface area contributed by atoms with Crippen LogP contribution in [0.1, 0.15) is 27.2 Å². The minimum atomic E-state index is -0.919. The quantitative estimate of drug-likeness (QED) is 0.273. The number of anilines is 2. The molecule has 0 radical (unpaired) electrons. The Balaban J connectivity index is 1.63. The molecule has 3 aromatic carbocycles. The van der Waals surface area contributed by atoms with Crippen LogP contribution in [0.25, 0.3) is 10.9 Å². The number of benzene rings is 3. The number of aromatic nitrogens is 1. The maximum absolute atomic E-state index is 13.2. The van der Waals surface area contributed by atoms with Crippen molar-refractivity contribution in [2.24, 2.45) is 0 Å². The Morgan fingerprint density at radius 1 is 0.800 bits per heavy atom. The number of amides is 3. The SMILES string of the molecule is Cc1cc(C)cc(NC(=O)C(=O)Nn2c(C(=O)Nc3ccc(C)c(Cl)c3)cc3cc(Br)ccc32)c1. The second-order valence-electron chi connectivity index (χ2n) is 8.26. The molecule has 4 aromatic rings. The van der Waals surface area contributed by atoms with Gasteiger partial charge in [-0.25, -0.2) is 4.68 Å². The van der Waals surface area contributed by atoms with Crippen molar-refractivity contribution < 1.29 is 14.4 Å². The molecule has 0 saturated carbocycles. The third-order valence-corrected chi connectivity index (χ3v) is 6.23. The number of aryl methyl sites for hydroxylation is 3. The molecule has 0 atom stereocenters. The zero-order chi connectivity index (χ0) is 25.3. The van der Waals surface area contributed by atoms with Crippen LogP contribution in [0.3, 0.4) is 0 Å². The second kappa shape index (κ2) is 9.93. The van der Waals surface area contributed by atoms with E-state index >= 15 is 0 Å². The van der Waals surface area contributed by atoms with Crippen LogP contribution < -0.4 is 16.1 Å². The van der Waals surface area contributed by atoms with Crippen LogP contribution in [0.2, 0.25) is 5.02 Å². The van der Waals surface area contributed by atoms with Crippen molar-refractivity contribution in [2.75, 3.05) is 16.1 Å². The highest BCUT2D eigenvalue weighted by Crippen LogP contribution is 2.25. The molecule has 35 heavy (non-hydrogen) atoms. The fraction of sp³-hybridized carbons (Fsp3) is 0.115. The van der Waals surface area contributed by atoms with Gasteiger partial charge in [-0.05, 0) is 86.0 Å². The number of carbonyl (C=O) groups is 3. The van der Waals surface area contributed by atoms with Gasteiger partial charge in [-0.2, -0.15) is 0 Å². The molecule has 1 aromatic heterocycles. The molecular formula is C26H22BrClN4O3. The van der Waals surface area contributed by atoms with Gasteiger partial charge < -0.3 is 10.6 Å². The number of carbonyl (C=O) groups excluding carboxylic acids is 3. The molecule has 9 heteroatoms. The molecule has 0 spiro atoms. The topological polar surface area (TPSA) is 92.2 Å². The summed E-state index contributed by atoms with van der Waals surface area (Å²) in [6.45, 7) is 5.67. The minimum Gasteiger partial charge on any atom is -0.321 e. The first-order valence-corrected chi connectivity index (χ1v) is 11.9.